The number of nitrogens with one attached hydrogen (secondary N) is 1. The molecule has 0 radical (unpaired) electrons. The molecule has 0 aliphatic heterocycles. The molecule has 0 aliphatic rings. The van der Waals surface area contributed by atoms with Crippen molar-refractivity contribution in [2.75, 3.05) is 25.6 Å². The van der Waals surface area contributed by atoms with Crippen molar-refractivity contribution in [1.82, 2.24) is 14.8 Å². The number of ether oxygens (including phenoxy) is 1. The Kier molecular flexibility index (Phi) is 5.51. The number of rotatable bonds is 7. The summed E-state index contributed by atoms with van der Waals surface area (Å²) < 4.78 is 6.20. The highest BCUT2D eigenvalue weighted by Crippen LogP contribution is 2.15. The van der Waals surface area contributed by atoms with Crippen LogP contribution in [0.1, 0.15) is 5.69 Å². The Morgan fingerprint density at radius 2 is 2.40 bits per heavy atom. The van der Waals surface area contributed by atoms with Gasteiger partial charge in [0.25, 0.3) is 5.56 Å². The normalized spacial score (nSPS) is 10.7. The average Bonchev–Trinajstić information content (AvgIpc) is 2.96. The number of aromatic nitrogens is 3. The van der Waals surface area contributed by atoms with Gasteiger partial charge in [0.15, 0.2) is 0 Å². The van der Waals surface area contributed by atoms with Crippen LogP contribution in [0.4, 0.5) is 5.69 Å². The first-order valence-electron chi connectivity index (χ1n) is 6.08. The minimum atomic E-state index is -0.317. The van der Waals surface area contributed by atoms with Crippen LogP contribution in [0.2, 0.25) is 5.02 Å². The van der Waals surface area contributed by atoms with Gasteiger partial charge in [-0.05, 0) is 0 Å². The average molecular weight is 315 g/mol. The van der Waals surface area contributed by atoms with E-state index in [0.29, 0.717) is 25.4 Å². The molecule has 8 heteroatoms. The Morgan fingerprint density at radius 3 is 3.10 bits per heavy atom. The minimum absolute atomic E-state index is 0.148. The third kappa shape index (κ3) is 3.78. The maximum Gasteiger partial charge on any atom is 0.287 e. The van der Waals surface area contributed by atoms with E-state index in [-0.39, 0.29) is 10.6 Å². The molecular weight excluding hydrogens is 300 g/mol. The van der Waals surface area contributed by atoms with Crippen LogP contribution >= 0.6 is 22.9 Å². The maximum absolute atomic E-state index is 11.9. The summed E-state index contributed by atoms with van der Waals surface area (Å²) in [6, 6.07) is 0. The molecule has 0 bridgehead atoms. The fourth-order valence-corrected chi connectivity index (χ4v) is 2.42. The lowest BCUT2D eigenvalue weighted by atomic mass is 10.3. The van der Waals surface area contributed by atoms with Gasteiger partial charge in [-0.1, -0.05) is 11.6 Å². The lowest BCUT2D eigenvalue weighted by molar-refractivity contribution is 0.182. The molecule has 0 aliphatic carbocycles. The number of hydrogen-bond donors (Lipinski definition) is 1. The Bertz CT molecular complexity index is 600. The number of methoxy groups -OCH3 is 1. The summed E-state index contributed by atoms with van der Waals surface area (Å²) in [4.78, 5) is 16.1. The van der Waals surface area contributed by atoms with Gasteiger partial charge in [-0.15, -0.1) is 11.3 Å². The van der Waals surface area contributed by atoms with Crippen LogP contribution in [0.5, 0.6) is 0 Å². The molecule has 6 nitrogen and oxygen atoms in total. The second kappa shape index (κ2) is 7.37. The highest BCUT2D eigenvalue weighted by Gasteiger charge is 2.08. The van der Waals surface area contributed by atoms with Gasteiger partial charge in [-0.3, -0.25) is 4.79 Å². The topological polar surface area (TPSA) is 69.0 Å². The Balaban J connectivity index is 1.98. The van der Waals surface area contributed by atoms with Crippen molar-refractivity contribution < 1.29 is 4.74 Å². The van der Waals surface area contributed by atoms with Gasteiger partial charge >= 0.3 is 0 Å². The number of thiazole rings is 1. The maximum atomic E-state index is 11.9. The van der Waals surface area contributed by atoms with Gasteiger partial charge in [0.05, 0.1) is 36.2 Å². The van der Waals surface area contributed by atoms with Gasteiger partial charge in [0, 0.05) is 25.5 Å². The first-order chi connectivity index (χ1) is 9.72. The Morgan fingerprint density at radius 1 is 1.55 bits per heavy atom. The molecule has 1 N–H and O–H groups in total. The van der Waals surface area contributed by atoms with E-state index in [0.717, 1.165) is 12.1 Å². The number of anilines is 1. The van der Waals surface area contributed by atoms with Crippen molar-refractivity contribution in [3.63, 3.8) is 0 Å². The van der Waals surface area contributed by atoms with Crippen LogP contribution in [0.15, 0.2) is 21.9 Å². The standard InChI is InChI=1S/C12H15ClN4O2S/c1-19-5-4-17-12(18)11(13)10(6-16-17)14-3-2-9-7-20-8-15-9/h6-8,14H,2-5H2,1H3. The van der Waals surface area contributed by atoms with E-state index < -0.39 is 0 Å². The predicted molar refractivity (Wildman–Crippen MR) is 79.7 cm³/mol. The molecule has 108 valence electrons. The molecule has 0 fully saturated rings. The SMILES string of the molecule is COCCn1ncc(NCCc2cscn2)c(Cl)c1=O. The van der Waals surface area contributed by atoms with Crippen molar-refractivity contribution >= 4 is 28.6 Å². The van der Waals surface area contributed by atoms with E-state index in [4.69, 9.17) is 16.3 Å². The number of nitrogens with zero attached hydrogens (tertiary/aromatic N) is 3. The summed E-state index contributed by atoms with van der Waals surface area (Å²) in [6.07, 6.45) is 2.33. The molecule has 0 saturated carbocycles. The molecule has 0 aromatic carbocycles. The van der Waals surface area contributed by atoms with E-state index in [1.165, 1.54) is 4.68 Å². The summed E-state index contributed by atoms with van der Waals surface area (Å²) in [7, 11) is 1.57. The van der Waals surface area contributed by atoms with Crippen LogP contribution in [0.25, 0.3) is 0 Å². The first-order valence-corrected chi connectivity index (χ1v) is 7.40. The zero-order valence-electron chi connectivity index (χ0n) is 11.0. The van der Waals surface area contributed by atoms with E-state index >= 15 is 0 Å². The molecule has 0 atom stereocenters. The van der Waals surface area contributed by atoms with Crippen molar-refractivity contribution in [1.29, 1.82) is 0 Å². The summed E-state index contributed by atoms with van der Waals surface area (Å²) in [6.45, 7) is 1.45. The molecule has 2 aromatic rings. The molecular formula is C12H15ClN4O2S. The molecule has 2 aromatic heterocycles. The lowest BCUT2D eigenvalue weighted by Crippen LogP contribution is -2.26. The highest BCUT2D eigenvalue weighted by molar-refractivity contribution is 7.07. The quantitative estimate of drug-likeness (QED) is 0.841. The van der Waals surface area contributed by atoms with Gasteiger partial charge in [0.1, 0.15) is 5.02 Å². The lowest BCUT2D eigenvalue weighted by Gasteiger charge is -2.09. The summed E-state index contributed by atoms with van der Waals surface area (Å²) in [5.41, 5.74) is 3.03. The third-order valence-corrected chi connectivity index (χ3v) is 3.67. The van der Waals surface area contributed by atoms with Crippen LogP contribution < -0.4 is 10.9 Å². The van der Waals surface area contributed by atoms with Crippen LogP contribution in [-0.2, 0) is 17.7 Å². The van der Waals surface area contributed by atoms with Crippen molar-refractivity contribution in [3.05, 3.63) is 38.2 Å². The first kappa shape index (κ1) is 15.0. The fraction of sp³-hybridized carbons (Fsp3) is 0.417. The zero-order valence-corrected chi connectivity index (χ0v) is 12.6. The molecule has 0 saturated heterocycles. The van der Waals surface area contributed by atoms with E-state index in [1.54, 1.807) is 30.2 Å². The molecule has 0 amide bonds. The predicted octanol–water partition coefficient (Wildman–Crippen LogP) is 1.65. The largest absolute Gasteiger partial charge is 0.383 e. The van der Waals surface area contributed by atoms with Gasteiger partial charge < -0.3 is 10.1 Å². The van der Waals surface area contributed by atoms with Crippen LogP contribution in [0.3, 0.4) is 0 Å². The van der Waals surface area contributed by atoms with Gasteiger partial charge in [-0.25, -0.2) is 9.67 Å². The second-order valence-electron chi connectivity index (χ2n) is 4.05. The van der Waals surface area contributed by atoms with Crippen LogP contribution in [-0.4, -0.2) is 35.0 Å². The number of hydrogen-bond acceptors (Lipinski definition) is 6. The summed E-state index contributed by atoms with van der Waals surface area (Å²) >= 11 is 7.61. The number of halogens is 1. The summed E-state index contributed by atoms with van der Waals surface area (Å²) in [5, 5.41) is 9.29. The fourth-order valence-electron chi connectivity index (χ4n) is 1.61. The Hall–Kier alpha value is -1.44. The van der Waals surface area contributed by atoms with Gasteiger partial charge in [-0.2, -0.15) is 5.10 Å². The third-order valence-electron chi connectivity index (χ3n) is 2.67. The van der Waals surface area contributed by atoms with Crippen LogP contribution in [0, 0.1) is 0 Å². The highest BCUT2D eigenvalue weighted by atomic mass is 35.5. The molecule has 2 heterocycles. The van der Waals surface area contributed by atoms with Crippen molar-refractivity contribution in [3.8, 4) is 0 Å². The zero-order chi connectivity index (χ0) is 14.4. The van der Waals surface area contributed by atoms with E-state index in [9.17, 15) is 4.79 Å². The molecule has 20 heavy (non-hydrogen) atoms. The summed E-state index contributed by atoms with van der Waals surface area (Å²) in [5.74, 6) is 0. The van der Waals surface area contributed by atoms with E-state index in [1.807, 2.05) is 5.38 Å². The minimum Gasteiger partial charge on any atom is -0.383 e. The smallest absolute Gasteiger partial charge is 0.287 e. The van der Waals surface area contributed by atoms with E-state index in [2.05, 4.69) is 15.4 Å². The molecule has 0 spiro atoms. The van der Waals surface area contributed by atoms with Crippen molar-refractivity contribution in [2.45, 2.75) is 13.0 Å². The monoisotopic (exact) mass is 314 g/mol. The second-order valence-corrected chi connectivity index (χ2v) is 5.15. The Labute approximate surface area is 125 Å². The van der Waals surface area contributed by atoms with Crippen molar-refractivity contribution in [2.24, 2.45) is 0 Å². The molecule has 0 unspecified atom stereocenters. The van der Waals surface area contributed by atoms with Gasteiger partial charge in [0.2, 0.25) is 0 Å². The molecule has 2 rings (SSSR count).